The Morgan fingerprint density at radius 1 is 1.24 bits per heavy atom. The Morgan fingerprint density at radius 2 is 1.97 bits per heavy atom. The first kappa shape index (κ1) is 21.2. The molecule has 0 aliphatic rings. The van der Waals surface area contributed by atoms with E-state index in [2.05, 4.69) is 4.98 Å². The van der Waals surface area contributed by atoms with E-state index < -0.39 is 28.6 Å². The van der Waals surface area contributed by atoms with Crippen molar-refractivity contribution >= 4 is 34.8 Å². The normalized spacial score (nSPS) is 12.6. The number of anilines is 1. The van der Waals surface area contributed by atoms with Crippen LogP contribution in [0.5, 0.6) is 0 Å². The van der Waals surface area contributed by atoms with E-state index in [1.807, 2.05) is 0 Å². The van der Waals surface area contributed by atoms with E-state index in [4.69, 9.17) is 10.5 Å². The molecule has 152 valence electrons. The van der Waals surface area contributed by atoms with Gasteiger partial charge in [0.2, 0.25) is 0 Å². The van der Waals surface area contributed by atoms with Crippen LogP contribution in [0.2, 0.25) is 0 Å². The summed E-state index contributed by atoms with van der Waals surface area (Å²) >= 11 is 2.12. The Balaban J connectivity index is 2.10. The number of pyridine rings is 1. The number of carbonyl (C=O) groups is 1. The van der Waals surface area contributed by atoms with Crippen LogP contribution in [0.1, 0.15) is 23.3 Å². The van der Waals surface area contributed by atoms with Crippen LogP contribution < -0.4 is 5.73 Å². The number of nitrogen functional groups attached to an aromatic ring is 1. The molecule has 0 saturated heterocycles. The van der Waals surface area contributed by atoms with Crippen LogP contribution in [0.4, 0.5) is 18.9 Å². The van der Waals surface area contributed by atoms with Gasteiger partial charge in [0, 0.05) is 0 Å². The first-order chi connectivity index (χ1) is 13.8. The summed E-state index contributed by atoms with van der Waals surface area (Å²) < 4.78 is 45.9. The van der Waals surface area contributed by atoms with Gasteiger partial charge in [0.15, 0.2) is 0 Å². The molecule has 3 aromatic rings. The second-order valence-electron chi connectivity index (χ2n) is 5.91. The summed E-state index contributed by atoms with van der Waals surface area (Å²) in [7, 11) is 0. The second kappa shape index (κ2) is 8.87. The Bertz CT molecular complexity index is 977. The fourth-order valence-corrected chi connectivity index (χ4v) is 4.37. The van der Waals surface area contributed by atoms with Gasteiger partial charge in [-0.15, -0.1) is 11.3 Å². The van der Waals surface area contributed by atoms with Gasteiger partial charge in [-0.25, -0.2) is 4.98 Å². The molecule has 3 rings (SSSR count). The average molecular weight is 438 g/mol. The number of esters is 1. The number of nitrogens with two attached hydrogens (primary N) is 1. The highest BCUT2D eigenvalue weighted by Crippen LogP contribution is 2.44. The molecule has 1 atom stereocenters. The molecule has 0 aliphatic carbocycles. The molecule has 2 heterocycles. The van der Waals surface area contributed by atoms with Gasteiger partial charge in [0.25, 0.3) is 0 Å². The summed E-state index contributed by atoms with van der Waals surface area (Å²) in [5.41, 5.74) is 5.10. The minimum atomic E-state index is -4.65. The maximum absolute atomic E-state index is 13.6. The van der Waals surface area contributed by atoms with Crippen LogP contribution in [-0.4, -0.2) is 17.6 Å². The number of alkyl halides is 3. The summed E-state index contributed by atoms with van der Waals surface area (Å²) in [6.45, 7) is 1.81. The van der Waals surface area contributed by atoms with Crippen LogP contribution >= 0.6 is 23.1 Å². The molecule has 4 nitrogen and oxygen atoms in total. The van der Waals surface area contributed by atoms with Crippen molar-refractivity contribution in [2.24, 2.45) is 0 Å². The number of thioether (sulfide) groups is 1. The maximum atomic E-state index is 13.6. The molecule has 1 aromatic carbocycles. The summed E-state index contributed by atoms with van der Waals surface area (Å²) in [4.78, 5) is 17.4. The van der Waals surface area contributed by atoms with Gasteiger partial charge in [-0.05, 0) is 30.0 Å². The van der Waals surface area contributed by atoms with E-state index in [0.717, 1.165) is 17.8 Å². The molecule has 0 aliphatic heterocycles. The van der Waals surface area contributed by atoms with Crippen LogP contribution in [0.25, 0.3) is 10.6 Å². The van der Waals surface area contributed by atoms with Crippen LogP contribution in [0.3, 0.4) is 0 Å². The quantitative estimate of drug-likeness (QED) is 0.389. The lowest BCUT2D eigenvalue weighted by molar-refractivity contribution is -0.142. The van der Waals surface area contributed by atoms with Crippen molar-refractivity contribution in [3.63, 3.8) is 0 Å². The minimum Gasteiger partial charge on any atom is -0.465 e. The van der Waals surface area contributed by atoms with Gasteiger partial charge in [-0.2, -0.15) is 13.2 Å². The van der Waals surface area contributed by atoms with Gasteiger partial charge >= 0.3 is 12.1 Å². The number of carbonyl (C=O) groups excluding carboxylic acids is 1. The number of nitrogens with zero attached hydrogens (tertiary/aromatic N) is 1. The lowest BCUT2D eigenvalue weighted by atomic mass is 10.1. The standard InChI is InChI=1S/C20H17F3N2O2S2/c1-2-27-19(26)17(12-7-4-3-5-8-12)29-18-16(24)13(20(21,22)23)11-14(25-18)15-9-6-10-28-15/h3-11,17H,2,24H2,1H3. The molecule has 0 bridgehead atoms. The highest BCUT2D eigenvalue weighted by Gasteiger charge is 2.36. The number of halogens is 3. The predicted molar refractivity (Wildman–Crippen MR) is 109 cm³/mol. The molecule has 1 unspecified atom stereocenters. The molecule has 0 fully saturated rings. The predicted octanol–water partition coefficient (Wildman–Crippen LogP) is 5.81. The highest BCUT2D eigenvalue weighted by atomic mass is 32.2. The Hall–Kier alpha value is -2.52. The molecule has 9 heteroatoms. The van der Waals surface area contributed by atoms with Gasteiger partial charge in [-0.1, -0.05) is 48.2 Å². The van der Waals surface area contributed by atoms with Gasteiger partial charge in [-0.3, -0.25) is 4.79 Å². The third kappa shape index (κ3) is 4.91. The number of hydrogen-bond donors (Lipinski definition) is 1. The summed E-state index contributed by atoms with van der Waals surface area (Å²) in [5, 5.41) is 0.787. The van der Waals surface area contributed by atoms with E-state index in [1.54, 1.807) is 54.8 Å². The Morgan fingerprint density at radius 3 is 2.55 bits per heavy atom. The molecule has 2 aromatic heterocycles. The topological polar surface area (TPSA) is 65.2 Å². The Kier molecular flexibility index (Phi) is 6.49. The zero-order valence-corrected chi connectivity index (χ0v) is 16.9. The number of benzene rings is 1. The summed E-state index contributed by atoms with van der Waals surface area (Å²) in [5.74, 6) is -0.569. The Labute approximate surface area is 173 Å². The fraction of sp³-hybridized carbons (Fsp3) is 0.200. The van der Waals surface area contributed by atoms with E-state index in [0.29, 0.717) is 10.4 Å². The third-order valence-electron chi connectivity index (χ3n) is 3.94. The molecular formula is C20H17F3N2O2S2. The number of aromatic nitrogens is 1. The summed E-state index contributed by atoms with van der Waals surface area (Å²) in [6, 6.07) is 13.0. The molecular weight excluding hydrogens is 421 g/mol. The lowest BCUT2D eigenvalue weighted by Crippen LogP contribution is -2.15. The van der Waals surface area contributed by atoms with E-state index in [-0.39, 0.29) is 17.3 Å². The molecule has 0 radical (unpaired) electrons. The van der Waals surface area contributed by atoms with Gasteiger partial charge in [0.1, 0.15) is 10.3 Å². The molecule has 29 heavy (non-hydrogen) atoms. The average Bonchev–Trinajstić information content (AvgIpc) is 3.22. The van der Waals surface area contributed by atoms with Crippen LogP contribution in [0.15, 0.2) is 58.9 Å². The molecule has 0 saturated carbocycles. The second-order valence-corrected chi connectivity index (χ2v) is 7.95. The van der Waals surface area contributed by atoms with Crippen LogP contribution in [0, 0.1) is 0 Å². The fourth-order valence-electron chi connectivity index (χ4n) is 2.62. The first-order valence-corrected chi connectivity index (χ1v) is 10.4. The number of thiophene rings is 1. The van der Waals surface area contributed by atoms with Crippen molar-refractivity contribution in [3.8, 4) is 10.6 Å². The zero-order valence-electron chi connectivity index (χ0n) is 15.3. The van der Waals surface area contributed by atoms with Crippen molar-refractivity contribution in [3.05, 3.63) is 65.0 Å². The van der Waals surface area contributed by atoms with Crippen molar-refractivity contribution in [2.75, 3.05) is 12.3 Å². The zero-order chi connectivity index (χ0) is 21.0. The smallest absolute Gasteiger partial charge is 0.418 e. The largest absolute Gasteiger partial charge is 0.465 e. The molecule has 0 spiro atoms. The minimum absolute atomic E-state index is 0.0647. The van der Waals surface area contributed by atoms with E-state index in [9.17, 15) is 18.0 Å². The van der Waals surface area contributed by atoms with Gasteiger partial charge in [0.05, 0.1) is 28.4 Å². The summed E-state index contributed by atoms with van der Waals surface area (Å²) in [6.07, 6.45) is -4.65. The third-order valence-corrected chi connectivity index (χ3v) is 6.06. The first-order valence-electron chi connectivity index (χ1n) is 8.61. The maximum Gasteiger partial charge on any atom is 0.418 e. The molecule has 0 amide bonds. The van der Waals surface area contributed by atoms with Gasteiger partial charge < -0.3 is 10.5 Å². The van der Waals surface area contributed by atoms with E-state index in [1.165, 1.54) is 11.3 Å². The number of rotatable bonds is 6. The van der Waals surface area contributed by atoms with Crippen LogP contribution in [-0.2, 0) is 15.7 Å². The lowest BCUT2D eigenvalue weighted by Gasteiger charge is -2.19. The SMILES string of the molecule is CCOC(=O)C(Sc1nc(-c2cccs2)cc(C(F)(F)F)c1N)c1ccccc1. The molecule has 2 N–H and O–H groups in total. The number of hydrogen-bond acceptors (Lipinski definition) is 6. The van der Waals surface area contributed by atoms with Crippen molar-refractivity contribution in [2.45, 2.75) is 23.4 Å². The number of ether oxygens (including phenoxy) is 1. The highest BCUT2D eigenvalue weighted by molar-refractivity contribution is 8.00. The van der Waals surface area contributed by atoms with Crippen molar-refractivity contribution < 1.29 is 22.7 Å². The monoisotopic (exact) mass is 438 g/mol. The van der Waals surface area contributed by atoms with Crippen molar-refractivity contribution in [1.82, 2.24) is 4.98 Å². The van der Waals surface area contributed by atoms with E-state index >= 15 is 0 Å². The van der Waals surface area contributed by atoms with Crippen molar-refractivity contribution in [1.29, 1.82) is 0 Å².